The Hall–Kier alpha value is -4.13. The molecule has 0 spiro atoms. The first-order valence-corrected chi connectivity index (χ1v) is 13.8. The van der Waals surface area contributed by atoms with Gasteiger partial charge in [-0.2, -0.15) is 0 Å². The average Bonchev–Trinajstić information content (AvgIpc) is 3.25. The third kappa shape index (κ3) is 4.96. The second kappa shape index (κ2) is 10.5. The summed E-state index contributed by atoms with van der Waals surface area (Å²) in [7, 11) is 1.83. The average molecular weight is 550 g/mol. The molecule has 3 fully saturated rings. The Morgan fingerprint density at radius 2 is 1.90 bits per heavy atom. The van der Waals surface area contributed by atoms with Crippen molar-refractivity contribution in [2.75, 3.05) is 63.1 Å². The summed E-state index contributed by atoms with van der Waals surface area (Å²) in [6.45, 7) is 5.66. The highest BCUT2D eigenvalue weighted by molar-refractivity contribution is 5.96. The number of fused-ring (bicyclic) bond motifs is 1. The molecule has 13 heteroatoms. The monoisotopic (exact) mass is 549 g/mol. The van der Waals surface area contributed by atoms with Gasteiger partial charge >= 0.3 is 12.1 Å². The maximum atomic E-state index is 12.6. The van der Waals surface area contributed by atoms with E-state index < -0.39 is 12.0 Å². The maximum absolute atomic E-state index is 12.6. The number of likely N-dealkylation sites (N-methyl/N-ethyl adjacent to an activating group) is 1. The van der Waals surface area contributed by atoms with E-state index in [4.69, 9.17) is 15.8 Å². The standard InChI is InChI=1S/C27H35N9O4/c1-32-9-10-36(26(32)38)20-3-2-7-34(14-20)22-12-29-23(24(28)37)25(31-22)30-19-5-4-18-13-33(8-6-17(18)11-19)21-15-35(16-21)27(39)40/h4-5,11-12,20-21H,2-3,6-10,13-16H2,1H3,(H2,28,37)(H,30,31)(H,39,40)/t20-/m1/s1. The van der Waals surface area contributed by atoms with Gasteiger partial charge in [-0.1, -0.05) is 6.07 Å². The van der Waals surface area contributed by atoms with Gasteiger partial charge in [0.05, 0.1) is 12.2 Å². The highest BCUT2D eigenvalue weighted by Crippen LogP contribution is 2.29. The van der Waals surface area contributed by atoms with Crippen molar-refractivity contribution < 1.29 is 19.5 Å². The van der Waals surface area contributed by atoms with Crippen LogP contribution < -0.4 is 16.0 Å². The van der Waals surface area contributed by atoms with Crippen molar-refractivity contribution >= 4 is 35.4 Å². The Bertz CT molecular complexity index is 1330. The molecule has 0 saturated carbocycles. The van der Waals surface area contributed by atoms with Crippen molar-refractivity contribution in [3.63, 3.8) is 0 Å². The van der Waals surface area contributed by atoms with Gasteiger partial charge in [-0.05, 0) is 42.5 Å². The normalized spacial score (nSPS) is 21.8. The predicted molar refractivity (Wildman–Crippen MR) is 148 cm³/mol. The first-order valence-electron chi connectivity index (χ1n) is 13.8. The number of aromatic nitrogens is 2. The number of anilines is 3. The molecule has 0 radical (unpaired) electrons. The molecule has 0 unspecified atom stereocenters. The number of nitrogens with zero attached hydrogens (tertiary/aromatic N) is 7. The molecular formula is C27H35N9O4. The molecule has 212 valence electrons. The minimum absolute atomic E-state index is 0.0646. The molecule has 6 rings (SSSR count). The van der Waals surface area contributed by atoms with E-state index in [2.05, 4.69) is 32.2 Å². The van der Waals surface area contributed by atoms with Gasteiger partial charge in [0.1, 0.15) is 5.82 Å². The van der Waals surface area contributed by atoms with Gasteiger partial charge in [0.2, 0.25) is 0 Å². The van der Waals surface area contributed by atoms with E-state index in [1.54, 1.807) is 11.1 Å². The molecule has 13 nitrogen and oxygen atoms in total. The van der Waals surface area contributed by atoms with Crippen LogP contribution in [0.1, 0.15) is 34.5 Å². The molecule has 1 aromatic heterocycles. The van der Waals surface area contributed by atoms with Crippen LogP contribution in [0.4, 0.5) is 26.9 Å². The lowest BCUT2D eigenvalue weighted by Crippen LogP contribution is -2.61. The number of amides is 4. The van der Waals surface area contributed by atoms with Crippen LogP contribution in [0.3, 0.4) is 0 Å². The summed E-state index contributed by atoms with van der Waals surface area (Å²) in [5, 5.41) is 12.4. The lowest BCUT2D eigenvalue weighted by molar-refractivity contribution is 0.0301. The highest BCUT2D eigenvalue weighted by Gasteiger charge is 2.36. The van der Waals surface area contributed by atoms with Gasteiger partial charge < -0.3 is 35.8 Å². The van der Waals surface area contributed by atoms with Crippen LogP contribution >= 0.6 is 0 Å². The first-order chi connectivity index (χ1) is 19.3. The number of likely N-dealkylation sites (tertiary alicyclic amines) is 1. The summed E-state index contributed by atoms with van der Waals surface area (Å²) in [6, 6.07) is 6.53. The lowest BCUT2D eigenvalue weighted by atomic mass is 9.96. The van der Waals surface area contributed by atoms with Crippen molar-refractivity contribution in [2.45, 2.75) is 37.9 Å². The summed E-state index contributed by atoms with van der Waals surface area (Å²) in [5.41, 5.74) is 8.93. The highest BCUT2D eigenvalue weighted by atomic mass is 16.4. The fourth-order valence-corrected chi connectivity index (χ4v) is 6.17. The van der Waals surface area contributed by atoms with Crippen molar-refractivity contribution in [1.82, 2.24) is 29.6 Å². The largest absolute Gasteiger partial charge is 0.465 e. The summed E-state index contributed by atoms with van der Waals surface area (Å²) >= 11 is 0. The molecule has 4 amide bonds. The lowest BCUT2D eigenvalue weighted by Gasteiger charge is -2.45. The van der Waals surface area contributed by atoms with E-state index in [-0.39, 0.29) is 23.8 Å². The van der Waals surface area contributed by atoms with Crippen LogP contribution in [-0.4, -0.2) is 118 Å². The topological polar surface area (TPSA) is 151 Å². The smallest absolute Gasteiger partial charge is 0.407 e. The van der Waals surface area contributed by atoms with Gasteiger partial charge in [0.15, 0.2) is 11.5 Å². The van der Waals surface area contributed by atoms with Crippen LogP contribution in [0.15, 0.2) is 24.4 Å². The van der Waals surface area contributed by atoms with Crippen LogP contribution in [0, 0.1) is 0 Å². The molecule has 1 aromatic carbocycles. The van der Waals surface area contributed by atoms with E-state index in [9.17, 15) is 14.4 Å². The number of benzene rings is 1. The SMILES string of the molecule is CN1CCN([C@@H]2CCCN(c3cnc(C(N)=O)c(Nc4ccc5c(c4)CCN(C4CN(C(=O)O)C4)C5)n3)C2)C1=O. The molecule has 3 saturated heterocycles. The van der Waals surface area contributed by atoms with Gasteiger partial charge in [0, 0.05) is 71.1 Å². The number of nitrogens with two attached hydrogens (primary N) is 1. The Morgan fingerprint density at radius 1 is 1.07 bits per heavy atom. The molecule has 4 N–H and O–H groups in total. The Labute approximate surface area is 232 Å². The van der Waals surface area contributed by atoms with E-state index in [1.165, 1.54) is 16.0 Å². The minimum atomic E-state index is -0.860. The molecule has 40 heavy (non-hydrogen) atoms. The molecule has 5 heterocycles. The van der Waals surface area contributed by atoms with Crippen molar-refractivity contribution in [1.29, 1.82) is 0 Å². The molecule has 4 aliphatic rings. The summed E-state index contributed by atoms with van der Waals surface area (Å²) in [4.78, 5) is 54.6. The second-order valence-electron chi connectivity index (χ2n) is 11.1. The fourth-order valence-electron chi connectivity index (χ4n) is 6.17. The zero-order valence-corrected chi connectivity index (χ0v) is 22.6. The zero-order valence-electron chi connectivity index (χ0n) is 22.6. The van der Waals surface area contributed by atoms with Gasteiger partial charge in [0.25, 0.3) is 5.91 Å². The number of hydrogen-bond acceptors (Lipinski definition) is 8. The summed E-state index contributed by atoms with van der Waals surface area (Å²) in [5.74, 6) is 0.291. The Morgan fingerprint density at radius 3 is 2.62 bits per heavy atom. The molecule has 2 aromatic rings. The van der Waals surface area contributed by atoms with Crippen molar-refractivity contribution in [3.05, 3.63) is 41.2 Å². The molecular weight excluding hydrogens is 514 g/mol. The summed E-state index contributed by atoms with van der Waals surface area (Å²) in [6.07, 6.45) is 3.44. The second-order valence-corrected chi connectivity index (χ2v) is 11.1. The first kappa shape index (κ1) is 26.1. The van der Waals surface area contributed by atoms with Crippen LogP contribution in [0.5, 0.6) is 0 Å². The van der Waals surface area contributed by atoms with Gasteiger partial charge in [-0.3, -0.25) is 9.69 Å². The van der Waals surface area contributed by atoms with E-state index in [0.717, 1.165) is 57.7 Å². The zero-order chi connectivity index (χ0) is 28.0. The van der Waals surface area contributed by atoms with Crippen LogP contribution in [0.2, 0.25) is 0 Å². The number of carboxylic acid groups (broad SMARTS) is 1. The van der Waals surface area contributed by atoms with E-state index in [0.29, 0.717) is 31.3 Å². The van der Waals surface area contributed by atoms with Crippen molar-refractivity contribution in [3.8, 4) is 0 Å². The molecule has 0 bridgehead atoms. The Kier molecular flexibility index (Phi) is 6.82. The third-order valence-electron chi connectivity index (χ3n) is 8.56. The van der Waals surface area contributed by atoms with Crippen LogP contribution in [0.25, 0.3) is 0 Å². The molecule has 4 aliphatic heterocycles. The Balaban J connectivity index is 1.16. The number of primary amides is 1. The van der Waals surface area contributed by atoms with Crippen LogP contribution in [-0.2, 0) is 13.0 Å². The van der Waals surface area contributed by atoms with Gasteiger partial charge in [-0.15, -0.1) is 0 Å². The van der Waals surface area contributed by atoms with E-state index >= 15 is 0 Å². The number of piperidine rings is 1. The quantitative estimate of drug-likeness (QED) is 0.485. The number of urea groups is 1. The number of carbonyl (C=O) groups excluding carboxylic acids is 2. The maximum Gasteiger partial charge on any atom is 0.407 e. The number of rotatable bonds is 6. The molecule has 0 aliphatic carbocycles. The molecule has 1 atom stereocenters. The predicted octanol–water partition coefficient (Wildman–Crippen LogP) is 1.38. The summed E-state index contributed by atoms with van der Waals surface area (Å²) < 4.78 is 0. The number of nitrogens with one attached hydrogen (secondary N) is 1. The third-order valence-corrected chi connectivity index (χ3v) is 8.56. The van der Waals surface area contributed by atoms with E-state index in [1.807, 2.05) is 18.0 Å². The number of hydrogen-bond donors (Lipinski definition) is 3. The number of carbonyl (C=O) groups is 3. The minimum Gasteiger partial charge on any atom is -0.465 e. The fraction of sp³-hybridized carbons (Fsp3) is 0.519. The van der Waals surface area contributed by atoms with Gasteiger partial charge in [-0.25, -0.2) is 19.6 Å². The van der Waals surface area contributed by atoms with Crippen molar-refractivity contribution in [2.24, 2.45) is 5.73 Å².